The molecule has 0 amide bonds. The molecule has 0 bridgehead atoms. The summed E-state index contributed by atoms with van der Waals surface area (Å²) in [7, 11) is 0. The molecule has 1 aromatic heterocycles. The van der Waals surface area contributed by atoms with Crippen molar-refractivity contribution >= 4 is 17.5 Å². The largest absolute Gasteiger partial charge is 0.354 e. The fraction of sp³-hybridized carbons (Fsp3) is 0.286. The number of nitrogens with zero attached hydrogens (tertiary/aromatic N) is 2. The average molecular weight is 260 g/mol. The first-order valence-corrected chi connectivity index (χ1v) is 6.21. The number of benzene rings is 1. The molecule has 0 atom stereocenters. The lowest BCUT2D eigenvalue weighted by Crippen LogP contribution is -2.06. The Hall–Kier alpha value is -2.17. The Morgan fingerprint density at radius 1 is 1.26 bits per heavy atom. The Morgan fingerprint density at radius 3 is 2.74 bits per heavy atom. The lowest BCUT2D eigenvalue weighted by atomic mass is 10.2. The minimum Gasteiger partial charge on any atom is -0.354 e. The number of aromatic nitrogens is 2. The zero-order valence-electron chi connectivity index (χ0n) is 11.3. The fourth-order valence-electron chi connectivity index (χ4n) is 1.66. The molecule has 2 N–H and O–H groups in total. The molecule has 4 nitrogen and oxygen atoms in total. The summed E-state index contributed by atoms with van der Waals surface area (Å²) in [6.07, 6.45) is 1.71. The molecule has 0 aliphatic rings. The van der Waals surface area contributed by atoms with E-state index in [1.807, 2.05) is 26.8 Å². The first-order valence-electron chi connectivity index (χ1n) is 6.21. The highest BCUT2D eigenvalue weighted by Crippen LogP contribution is 2.22. The molecule has 0 saturated heterocycles. The molecular weight excluding hydrogens is 243 g/mol. The van der Waals surface area contributed by atoms with Gasteiger partial charge in [-0.3, -0.25) is 0 Å². The van der Waals surface area contributed by atoms with Crippen LogP contribution in [0.2, 0.25) is 0 Å². The van der Waals surface area contributed by atoms with Crippen molar-refractivity contribution in [1.29, 1.82) is 0 Å². The van der Waals surface area contributed by atoms with Gasteiger partial charge >= 0.3 is 0 Å². The van der Waals surface area contributed by atoms with Crippen LogP contribution in [0, 0.1) is 19.7 Å². The minimum absolute atomic E-state index is 0.289. The van der Waals surface area contributed by atoms with Crippen molar-refractivity contribution in [2.75, 3.05) is 17.2 Å². The SMILES string of the molecule is CCNc1ncc(C)c(Nc2ccc(C)cc2F)n1. The van der Waals surface area contributed by atoms with Gasteiger partial charge in [-0.2, -0.15) is 4.98 Å². The summed E-state index contributed by atoms with van der Waals surface area (Å²) >= 11 is 0. The van der Waals surface area contributed by atoms with Crippen molar-refractivity contribution in [3.63, 3.8) is 0 Å². The van der Waals surface area contributed by atoms with E-state index in [-0.39, 0.29) is 5.82 Å². The predicted molar refractivity (Wildman–Crippen MR) is 75.4 cm³/mol. The molecule has 19 heavy (non-hydrogen) atoms. The third kappa shape index (κ3) is 3.19. The molecule has 1 heterocycles. The molecule has 5 heteroatoms. The van der Waals surface area contributed by atoms with Crippen LogP contribution >= 0.6 is 0 Å². The molecule has 0 aliphatic heterocycles. The van der Waals surface area contributed by atoms with Crippen molar-refractivity contribution < 1.29 is 4.39 Å². The van der Waals surface area contributed by atoms with E-state index in [0.717, 1.165) is 17.7 Å². The number of anilines is 3. The van der Waals surface area contributed by atoms with Crippen LogP contribution in [0.25, 0.3) is 0 Å². The zero-order valence-corrected chi connectivity index (χ0v) is 11.3. The quantitative estimate of drug-likeness (QED) is 0.884. The van der Waals surface area contributed by atoms with Crippen molar-refractivity contribution in [3.8, 4) is 0 Å². The Bertz CT molecular complexity index is 584. The van der Waals surface area contributed by atoms with Gasteiger partial charge in [0.2, 0.25) is 5.95 Å². The first kappa shape index (κ1) is 13.3. The molecule has 0 radical (unpaired) electrons. The Balaban J connectivity index is 2.29. The van der Waals surface area contributed by atoms with Gasteiger partial charge < -0.3 is 10.6 Å². The smallest absolute Gasteiger partial charge is 0.224 e. The molecule has 1 aromatic carbocycles. The number of hydrogen-bond donors (Lipinski definition) is 2. The molecule has 0 aliphatic carbocycles. The van der Waals surface area contributed by atoms with E-state index in [4.69, 9.17) is 0 Å². The standard InChI is InChI=1S/C14H17FN4/c1-4-16-14-17-8-10(3)13(19-14)18-12-6-5-9(2)7-11(12)15/h5-8H,4H2,1-3H3,(H2,16,17,18,19). The normalized spacial score (nSPS) is 10.3. The van der Waals surface area contributed by atoms with Crippen molar-refractivity contribution in [3.05, 3.63) is 41.3 Å². The van der Waals surface area contributed by atoms with Crippen LogP contribution in [0.15, 0.2) is 24.4 Å². The van der Waals surface area contributed by atoms with E-state index in [1.54, 1.807) is 12.3 Å². The summed E-state index contributed by atoms with van der Waals surface area (Å²) in [5, 5.41) is 6.03. The van der Waals surface area contributed by atoms with Gasteiger partial charge in [-0.1, -0.05) is 6.07 Å². The highest BCUT2D eigenvalue weighted by molar-refractivity contribution is 5.60. The van der Waals surface area contributed by atoms with Crippen molar-refractivity contribution in [2.24, 2.45) is 0 Å². The van der Waals surface area contributed by atoms with Gasteiger partial charge in [-0.15, -0.1) is 0 Å². The van der Waals surface area contributed by atoms with E-state index in [0.29, 0.717) is 17.5 Å². The number of halogens is 1. The van der Waals surface area contributed by atoms with Crippen molar-refractivity contribution in [1.82, 2.24) is 9.97 Å². The second-order valence-electron chi connectivity index (χ2n) is 4.36. The van der Waals surface area contributed by atoms with Gasteiger partial charge in [0.15, 0.2) is 0 Å². The monoisotopic (exact) mass is 260 g/mol. The van der Waals surface area contributed by atoms with Gasteiger partial charge in [-0.05, 0) is 38.5 Å². The summed E-state index contributed by atoms with van der Waals surface area (Å²) in [5.41, 5.74) is 2.16. The van der Waals surface area contributed by atoms with Gasteiger partial charge in [-0.25, -0.2) is 9.37 Å². The fourth-order valence-corrected chi connectivity index (χ4v) is 1.66. The van der Waals surface area contributed by atoms with Crippen LogP contribution in [0.1, 0.15) is 18.1 Å². The zero-order chi connectivity index (χ0) is 13.8. The Morgan fingerprint density at radius 2 is 2.05 bits per heavy atom. The highest BCUT2D eigenvalue weighted by atomic mass is 19.1. The van der Waals surface area contributed by atoms with E-state index in [1.165, 1.54) is 6.07 Å². The maximum absolute atomic E-state index is 13.8. The van der Waals surface area contributed by atoms with E-state index in [9.17, 15) is 4.39 Å². The second-order valence-corrected chi connectivity index (χ2v) is 4.36. The summed E-state index contributed by atoms with van der Waals surface area (Å²) in [6.45, 7) is 6.44. The van der Waals surface area contributed by atoms with Crippen LogP contribution in [-0.4, -0.2) is 16.5 Å². The summed E-state index contributed by atoms with van der Waals surface area (Å²) < 4.78 is 13.8. The maximum Gasteiger partial charge on any atom is 0.224 e. The number of nitrogens with one attached hydrogen (secondary N) is 2. The highest BCUT2D eigenvalue weighted by Gasteiger charge is 2.07. The first-order chi connectivity index (χ1) is 9.10. The van der Waals surface area contributed by atoms with Crippen molar-refractivity contribution in [2.45, 2.75) is 20.8 Å². The second kappa shape index (κ2) is 5.65. The van der Waals surface area contributed by atoms with E-state index < -0.39 is 0 Å². The molecule has 100 valence electrons. The average Bonchev–Trinajstić information content (AvgIpc) is 2.37. The predicted octanol–water partition coefficient (Wildman–Crippen LogP) is 3.41. The summed E-state index contributed by atoms with van der Waals surface area (Å²) in [4.78, 5) is 8.47. The molecular formula is C14H17FN4. The molecule has 0 saturated carbocycles. The van der Waals surface area contributed by atoms with Gasteiger partial charge in [0, 0.05) is 18.3 Å². The van der Waals surface area contributed by atoms with E-state index in [2.05, 4.69) is 20.6 Å². The molecule has 0 spiro atoms. The third-order valence-electron chi connectivity index (χ3n) is 2.68. The van der Waals surface area contributed by atoms with Crippen LogP contribution in [-0.2, 0) is 0 Å². The summed E-state index contributed by atoms with van der Waals surface area (Å²) in [5.74, 6) is 0.847. The van der Waals surface area contributed by atoms with Gasteiger partial charge in [0.1, 0.15) is 11.6 Å². The molecule has 0 fully saturated rings. The Labute approximate surface area is 112 Å². The Kier molecular flexibility index (Phi) is 3.94. The lowest BCUT2D eigenvalue weighted by Gasteiger charge is -2.11. The van der Waals surface area contributed by atoms with Crippen LogP contribution in [0.4, 0.5) is 21.8 Å². The number of aryl methyl sites for hydroxylation is 2. The minimum atomic E-state index is -0.289. The van der Waals surface area contributed by atoms with Crippen LogP contribution in [0.5, 0.6) is 0 Å². The molecule has 2 aromatic rings. The lowest BCUT2D eigenvalue weighted by molar-refractivity contribution is 0.630. The molecule has 0 unspecified atom stereocenters. The number of hydrogen-bond acceptors (Lipinski definition) is 4. The van der Waals surface area contributed by atoms with Gasteiger partial charge in [0.05, 0.1) is 5.69 Å². The third-order valence-corrected chi connectivity index (χ3v) is 2.68. The van der Waals surface area contributed by atoms with Crippen LogP contribution < -0.4 is 10.6 Å². The topological polar surface area (TPSA) is 49.8 Å². The summed E-state index contributed by atoms with van der Waals surface area (Å²) in [6, 6.07) is 5.05. The van der Waals surface area contributed by atoms with Gasteiger partial charge in [0.25, 0.3) is 0 Å². The maximum atomic E-state index is 13.8. The number of rotatable bonds is 4. The molecule has 2 rings (SSSR count). The van der Waals surface area contributed by atoms with E-state index >= 15 is 0 Å². The van der Waals surface area contributed by atoms with Crippen LogP contribution in [0.3, 0.4) is 0 Å².